The maximum Gasteiger partial charge on any atom is 0.337 e. The number of benzene rings is 2. The summed E-state index contributed by atoms with van der Waals surface area (Å²) in [7, 11) is 1.61. The summed E-state index contributed by atoms with van der Waals surface area (Å²) in [6.07, 6.45) is 0. The monoisotopic (exact) mass is 272 g/mol. The van der Waals surface area contributed by atoms with Crippen LogP contribution in [-0.4, -0.2) is 18.2 Å². The van der Waals surface area contributed by atoms with E-state index in [1.165, 1.54) is 6.07 Å². The molecule has 0 aromatic heterocycles. The van der Waals surface area contributed by atoms with E-state index in [-0.39, 0.29) is 5.56 Å². The Morgan fingerprint density at radius 1 is 1.25 bits per heavy atom. The van der Waals surface area contributed by atoms with Crippen molar-refractivity contribution in [3.8, 4) is 5.75 Å². The number of ether oxygens (including phenoxy) is 1. The van der Waals surface area contributed by atoms with E-state index < -0.39 is 5.97 Å². The number of aromatic carboxylic acids is 1. The van der Waals surface area contributed by atoms with Crippen molar-refractivity contribution in [3.63, 3.8) is 0 Å². The number of methoxy groups -OCH3 is 1. The van der Waals surface area contributed by atoms with Crippen molar-refractivity contribution < 1.29 is 14.6 Å². The first-order chi connectivity index (χ1) is 9.51. The Labute approximate surface area is 117 Å². The fourth-order valence-corrected chi connectivity index (χ4v) is 1.96. The largest absolute Gasteiger partial charge is 0.496 e. The van der Waals surface area contributed by atoms with Crippen LogP contribution in [0.4, 0.5) is 17.1 Å². The maximum atomic E-state index is 11.2. The quantitative estimate of drug-likeness (QED) is 0.745. The molecule has 4 N–H and O–H groups in total. The van der Waals surface area contributed by atoms with E-state index in [9.17, 15) is 9.90 Å². The molecule has 2 aromatic carbocycles. The zero-order valence-corrected chi connectivity index (χ0v) is 11.3. The number of carbonyl (C=O) groups is 1. The molecule has 0 aliphatic rings. The van der Waals surface area contributed by atoms with Crippen LogP contribution < -0.4 is 15.8 Å². The molecule has 5 heteroatoms. The number of nitrogens with one attached hydrogen (secondary N) is 1. The lowest BCUT2D eigenvalue weighted by atomic mass is 10.1. The van der Waals surface area contributed by atoms with E-state index >= 15 is 0 Å². The zero-order chi connectivity index (χ0) is 14.7. The van der Waals surface area contributed by atoms with Crippen LogP contribution in [0.15, 0.2) is 36.4 Å². The van der Waals surface area contributed by atoms with Gasteiger partial charge in [0.2, 0.25) is 0 Å². The number of aryl methyl sites for hydroxylation is 1. The summed E-state index contributed by atoms with van der Waals surface area (Å²) in [5.74, 6) is -0.239. The molecular weight excluding hydrogens is 256 g/mol. The Morgan fingerprint density at radius 2 is 2.00 bits per heavy atom. The van der Waals surface area contributed by atoms with Gasteiger partial charge in [-0.3, -0.25) is 0 Å². The van der Waals surface area contributed by atoms with Crippen LogP contribution in [0.5, 0.6) is 5.75 Å². The summed E-state index contributed by atoms with van der Waals surface area (Å²) in [6, 6.07) is 10.3. The lowest BCUT2D eigenvalue weighted by Crippen LogP contribution is -2.04. The first-order valence-electron chi connectivity index (χ1n) is 6.05. The van der Waals surface area contributed by atoms with Crippen LogP contribution in [0, 0.1) is 6.92 Å². The van der Waals surface area contributed by atoms with Gasteiger partial charge in [0.15, 0.2) is 0 Å². The Kier molecular flexibility index (Phi) is 3.79. The summed E-state index contributed by atoms with van der Waals surface area (Å²) < 4.78 is 5.19. The molecule has 0 bridgehead atoms. The third kappa shape index (κ3) is 2.83. The smallest absolute Gasteiger partial charge is 0.337 e. The van der Waals surface area contributed by atoms with Crippen molar-refractivity contribution in [3.05, 3.63) is 47.5 Å². The van der Waals surface area contributed by atoms with Gasteiger partial charge in [0.05, 0.1) is 18.4 Å². The van der Waals surface area contributed by atoms with E-state index in [2.05, 4.69) is 5.32 Å². The predicted octanol–water partition coefficient (Wildman–Crippen LogP) is 3.03. The van der Waals surface area contributed by atoms with Gasteiger partial charge in [-0.25, -0.2) is 4.79 Å². The number of hydrogen-bond donors (Lipinski definition) is 3. The second-order valence-electron chi connectivity index (χ2n) is 4.42. The van der Waals surface area contributed by atoms with E-state index in [0.717, 1.165) is 17.0 Å². The molecule has 2 rings (SSSR count). The standard InChI is InChI=1S/C15H16N2O3/c1-9-7-11(4-6-14(9)20-2)17-13-5-3-10(16)8-12(13)15(18)19/h3-8,17H,16H2,1-2H3,(H,18,19). The number of hydrogen-bond acceptors (Lipinski definition) is 4. The van der Waals surface area contributed by atoms with Gasteiger partial charge >= 0.3 is 5.97 Å². The highest BCUT2D eigenvalue weighted by atomic mass is 16.5. The van der Waals surface area contributed by atoms with Crippen molar-refractivity contribution in [2.75, 3.05) is 18.2 Å². The molecular formula is C15H16N2O3. The zero-order valence-electron chi connectivity index (χ0n) is 11.3. The maximum absolute atomic E-state index is 11.2. The molecule has 5 nitrogen and oxygen atoms in total. The highest BCUT2D eigenvalue weighted by Crippen LogP contribution is 2.27. The normalized spacial score (nSPS) is 10.1. The lowest BCUT2D eigenvalue weighted by Gasteiger charge is -2.12. The summed E-state index contributed by atoms with van der Waals surface area (Å²) in [6.45, 7) is 1.92. The predicted molar refractivity (Wildman–Crippen MR) is 78.8 cm³/mol. The Hall–Kier alpha value is -2.69. The number of carboxylic acid groups (broad SMARTS) is 1. The van der Waals surface area contributed by atoms with E-state index in [1.54, 1.807) is 19.2 Å². The highest BCUT2D eigenvalue weighted by Gasteiger charge is 2.11. The molecule has 0 radical (unpaired) electrons. The van der Waals surface area contributed by atoms with Crippen LogP contribution in [0.2, 0.25) is 0 Å². The van der Waals surface area contributed by atoms with E-state index in [0.29, 0.717) is 11.4 Å². The number of rotatable bonds is 4. The fraction of sp³-hybridized carbons (Fsp3) is 0.133. The topological polar surface area (TPSA) is 84.6 Å². The van der Waals surface area contributed by atoms with Gasteiger partial charge in [0, 0.05) is 11.4 Å². The van der Waals surface area contributed by atoms with Crippen LogP contribution in [-0.2, 0) is 0 Å². The highest BCUT2D eigenvalue weighted by molar-refractivity contribution is 5.96. The van der Waals surface area contributed by atoms with Gasteiger partial charge < -0.3 is 20.9 Å². The van der Waals surface area contributed by atoms with Crippen molar-refractivity contribution in [1.82, 2.24) is 0 Å². The molecule has 20 heavy (non-hydrogen) atoms. The van der Waals surface area contributed by atoms with Crippen LogP contribution >= 0.6 is 0 Å². The van der Waals surface area contributed by atoms with Crippen molar-refractivity contribution in [1.29, 1.82) is 0 Å². The summed E-state index contributed by atoms with van der Waals surface area (Å²) in [4.78, 5) is 11.2. The van der Waals surface area contributed by atoms with Gasteiger partial charge in [-0.2, -0.15) is 0 Å². The summed E-state index contributed by atoms with van der Waals surface area (Å²) >= 11 is 0. The molecule has 0 amide bonds. The molecule has 0 aliphatic carbocycles. The molecule has 0 spiro atoms. The minimum absolute atomic E-state index is 0.137. The molecule has 0 atom stereocenters. The number of nitrogen functional groups attached to an aromatic ring is 1. The number of nitrogens with two attached hydrogens (primary N) is 1. The summed E-state index contributed by atoms with van der Waals surface area (Å²) in [5.41, 5.74) is 8.41. The summed E-state index contributed by atoms with van der Waals surface area (Å²) in [5, 5.41) is 12.3. The average Bonchev–Trinajstić information content (AvgIpc) is 2.41. The van der Waals surface area contributed by atoms with E-state index in [1.807, 2.05) is 25.1 Å². The van der Waals surface area contributed by atoms with E-state index in [4.69, 9.17) is 10.5 Å². The van der Waals surface area contributed by atoms with Gasteiger partial charge in [0.25, 0.3) is 0 Å². The van der Waals surface area contributed by atoms with Crippen molar-refractivity contribution in [2.45, 2.75) is 6.92 Å². The molecule has 0 aliphatic heterocycles. The molecule has 0 unspecified atom stereocenters. The molecule has 104 valence electrons. The van der Waals surface area contributed by atoms with Gasteiger partial charge in [0.1, 0.15) is 5.75 Å². The van der Waals surface area contributed by atoms with Crippen LogP contribution in [0.3, 0.4) is 0 Å². The number of carboxylic acids is 1. The van der Waals surface area contributed by atoms with Crippen LogP contribution in [0.1, 0.15) is 15.9 Å². The molecule has 0 fully saturated rings. The Balaban J connectivity index is 2.35. The third-order valence-electron chi connectivity index (χ3n) is 2.95. The lowest BCUT2D eigenvalue weighted by molar-refractivity contribution is 0.0698. The molecule has 0 saturated carbocycles. The average molecular weight is 272 g/mol. The van der Waals surface area contributed by atoms with Crippen molar-refractivity contribution >= 4 is 23.0 Å². The second kappa shape index (κ2) is 5.52. The van der Waals surface area contributed by atoms with Crippen LogP contribution in [0.25, 0.3) is 0 Å². The van der Waals surface area contributed by atoms with Gasteiger partial charge in [-0.1, -0.05) is 0 Å². The Morgan fingerprint density at radius 3 is 2.60 bits per heavy atom. The first kappa shape index (κ1) is 13.7. The molecule has 0 heterocycles. The minimum Gasteiger partial charge on any atom is -0.496 e. The van der Waals surface area contributed by atoms with Gasteiger partial charge in [-0.05, 0) is 48.9 Å². The SMILES string of the molecule is COc1ccc(Nc2ccc(N)cc2C(=O)O)cc1C. The minimum atomic E-state index is -1.02. The number of anilines is 3. The fourth-order valence-electron chi connectivity index (χ4n) is 1.96. The molecule has 2 aromatic rings. The second-order valence-corrected chi connectivity index (χ2v) is 4.42. The molecule has 0 saturated heterocycles. The first-order valence-corrected chi connectivity index (χ1v) is 6.05. The third-order valence-corrected chi connectivity index (χ3v) is 2.95. The van der Waals surface area contributed by atoms with Gasteiger partial charge in [-0.15, -0.1) is 0 Å². The Bertz CT molecular complexity index is 654. The van der Waals surface area contributed by atoms with Crippen molar-refractivity contribution in [2.24, 2.45) is 0 Å².